The zero-order valence-electron chi connectivity index (χ0n) is 17.8. The van der Waals surface area contributed by atoms with E-state index in [2.05, 4.69) is 15.6 Å². The number of likely N-dealkylation sites (tertiary alicyclic amines) is 1. The molecule has 1 saturated heterocycles. The second-order valence-corrected chi connectivity index (χ2v) is 7.53. The maximum absolute atomic E-state index is 13.0. The molecule has 3 amide bonds. The van der Waals surface area contributed by atoms with Gasteiger partial charge in [-0.3, -0.25) is 19.4 Å². The smallest absolute Gasteiger partial charge is 0.326 e. The van der Waals surface area contributed by atoms with E-state index in [9.17, 15) is 29.4 Å². The monoisotopic (exact) mass is 443 g/mol. The van der Waals surface area contributed by atoms with Gasteiger partial charge >= 0.3 is 5.97 Å². The second kappa shape index (κ2) is 12.1. The van der Waals surface area contributed by atoms with Crippen LogP contribution in [0.2, 0.25) is 0 Å². The largest absolute Gasteiger partial charge is 0.480 e. The summed E-state index contributed by atoms with van der Waals surface area (Å²) in [7, 11) is 0. The van der Waals surface area contributed by atoms with Crippen LogP contribution < -0.4 is 27.8 Å². The van der Waals surface area contributed by atoms with Crippen LogP contribution >= 0.6 is 0 Å². The van der Waals surface area contributed by atoms with Crippen molar-refractivity contribution in [2.45, 2.75) is 69.8 Å². The molecule has 0 saturated carbocycles. The van der Waals surface area contributed by atoms with Crippen molar-refractivity contribution in [3.05, 3.63) is 0 Å². The first-order chi connectivity index (χ1) is 14.5. The summed E-state index contributed by atoms with van der Waals surface area (Å²) in [6.45, 7) is 3.24. The number of guanidine groups is 1. The molecule has 0 aliphatic carbocycles. The Kier molecular flexibility index (Phi) is 10.1. The third kappa shape index (κ3) is 8.02. The van der Waals surface area contributed by atoms with E-state index >= 15 is 0 Å². The minimum atomic E-state index is -1.21. The Balaban J connectivity index is 2.86. The van der Waals surface area contributed by atoms with Gasteiger partial charge in [-0.15, -0.1) is 0 Å². The van der Waals surface area contributed by atoms with Crippen molar-refractivity contribution in [3.8, 4) is 0 Å². The average molecular weight is 444 g/mol. The Morgan fingerprint density at radius 2 is 1.81 bits per heavy atom. The van der Waals surface area contributed by atoms with Crippen LogP contribution in [-0.4, -0.2) is 88.1 Å². The molecule has 0 aromatic carbocycles. The van der Waals surface area contributed by atoms with Crippen LogP contribution in [0, 0.1) is 0 Å². The maximum atomic E-state index is 13.0. The molecule has 1 heterocycles. The first-order valence-electron chi connectivity index (χ1n) is 10.1. The van der Waals surface area contributed by atoms with E-state index in [1.165, 1.54) is 18.7 Å². The van der Waals surface area contributed by atoms with Crippen molar-refractivity contribution in [2.75, 3.05) is 13.1 Å². The molecule has 1 rings (SSSR count). The summed E-state index contributed by atoms with van der Waals surface area (Å²) in [4.78, 5) is 54.0. The molecule has 10 N–H and O–H groups in total. The van der Waals surface area contributed by atoms with E-state index in [1.807, 2.05) is 0 Å². The lowest BCUT2D eigenvalue weighted by molar-refractivity contribution is -0.149. The molecule has 5 unspecified atom stereocenters. The van der Waals surface area contributed by atoms with Crippen LogP contribution in [0.3, 0.4) is 0 Å². The highest BCUT2D eigenvalue weighted by molar-refractivity contribution is 5.94. The van der Waals surface area contributed by atoms with Crippen LogP contribution in [-0.2, 0) is 19.2 Å². The van der Waals surface area contributed by atoms with Crippen LogP contribution in [0.4, 0.5) is 0 Å². The Labute approximate surface area is 180 Å². The van der Waals surface area contributed by atoms with Gasteiger partial charge in [0.15, 0.2) is 5.96 Å². The predicted octanol–water partition coefficient (Wildman–Crippen LogP) is -3.19. The fourth-order valence-electron chi connectivity index (χ4n) is 3.14. The number of carbonyl (C=O) groups excluding carboxylic acids is 3. The molecule has 0 aromatic rings. The molecule has 0 radical (unpaired) electrons. The zero-order chi connectivity index (χ0) is 23.7. The van der Waals surface area contributed by atoms with E-state index in [1.54, 1.807) is 0 Å². The Morgan fingerprint density at radius 3 is 2.35 bits per heavy atom. The number of nitrogens with two attached hydrogens (primary N) is 3. The van der Waals surface area contributed by atoms with Crippen molar-refractivity contribution in [2.24, 2.45) is 22.2 Å². The maximum Gasteiger partial charge on any atom is 0.326 e. The molecule has 13 nitrogen and oxygen atoms in total. The van der Waals surface area contributed by atoms with Crippen molar-refractivity contribution in [1.29, 1.82) is 0 Å². The van der Waals surface area contributed by atoms with Gasteiger partial charge in [0.2, 0.25) is 17.7 Å². The van der Waals surface area contributed by atoms with Crippen molar-refractivity contribution < 1.29 is 29.4 Å². The summed E-state index contributed by atoms with van der Waals surface area (Å²) in [6, 6.07) is -4.23. The van der Waals surface area contributed by atoms with Gasteiger partial charge in [0, 0.05) is 13.1 Å². The number of hydrogen-bond donors (Lipinski definition) is 7. The number of hydrogen-bond acceptors (Lipinski definition) is 7. The van der Waals surface area contributed by atoms with Gasteiger partial charge in [-0.05, 0) is 39.5 Å². The Hall–Kier alpha value is -2.93. The lowest BCUT2D eigenvalue weighted by Gasteiger charge is -2.28. The fourth-order valence-corrected chi connectivity index (χ4v) is 3.14. The second-order valence-electron chi connectivity index (χ2n) is 7.53. The highest BCUT2D eigenvalue weighted by Gasteiger charge is 2.38. The van der Waals surface area contributed by atoms with Gasteiger partial charge in [-0.1, -0.05) is 0 Å². The minimum absolute atomic E-state index is 0.108. The zero-order valence-corrected chi connectivity index (χ0v) is 17.8. The summed E-state index contributed by atoms with van der Waals surface area (Å²) < 4.78 is 0. The quantitative estimate of drug-likeness (QED) is 0.0968. The first kappa shape index (κ1) is 26.1. The van der Waals surface area contributed by atoms with Crippen LogP contribution in [0.25, 0.3) is 0 Å². The standard InChI is InChI=1S/C18H33N7O6/c1-9(23-15(28)13(19)10(2)26)14(27)24-11(5-3-7-22-18(20)21)16(29)25-8-4-6-12(25)17(30)31/h9-13,26H,3-8,19H2,1-2H3,(H,23,28)(H,24,27)(H,30,31)(H4,20,21,22). The van der Waals surface area contributed by atoms with Gasteiger partial charge in [0.05, 0.1) is 6.10 Å². The predicted molar refractivity (Wildman–Crippen MR) is 111 cm³/mol. The van der Waals surface area contributed by atoms with Crippen LogP contribution in [0.15, 0.2) is 4.99 Å². The number of nitrogens with one attached hydrogen (secondary N) is 2. The minimum Gasteiger partial charge on any atom is -0.480 e. The summed E-state index contributed by atoms with van der Waals surface area (Å²) in [5.41, 5.74) is 16.1. The van der Waals surface area contributed by atoms with Gasteiger partial charge in [-0.25, -0.2) is 4.79 Å². The van der Waals surface area contributed by atoms with Gasteiger partial charge in [0.1, 0.15) is 24.2 Å². The van der Waals surface area contributed by atoms with Gasteiger partial charge in [0.25, 0.3) is 0 Å². The van der Waals surface area contributed by atoms with Gasteiger partial charge < -0.3 is 42.9 Å². The lowest BCUT2D eigenvalue weighted by Crippen LogP contribution is -2.57. The molecule has 0 aromatic heterocycles. The molecule has 13 heteroatoms. The Morgan fingerprint density at radius 1 is 1.16 bits per heavy atom. The van der Waals surface area contributed by atoms with E-state index in [0.717, 1.165) is 0 Å². The van der Waals surface area contributed by atoms with Crippen LogP contribution in [0.5, 0.6) is 0 Å². The highest BCUT2D eigenvalue weighted by atomic mass is 16.4. The van der Waals surface area contributed by atoms with E-state index in [4.69, 9.17) is 17.2 Å². The van der Waals surface area contributed by atoms with Crippen molar-refractivity contribution in [3.63, 3.8) is 0 Å². The van der Waals surface area contributed by atoms with E-state index < -0.39 is 54.0 Å². The number of aliphatic imine (C=N–C) groups is 1. The number of aliphatic hydroxyl groups is 1. The normalized spacial score (nSPS) is 19.6. The SMILES string of the molecule is CC(NC(=O)C(N)C(C)O)C(=O)NC(CCCN=C(N)N)C(=O)N1CCCC1C(=O)O. The number of rotatable bonds is 11. The topological polar surface area (TPSA) is 226 Å². The first-order valence-corrected chi connectivity index (χ1v) is 10.1. The van der Waals surface area contributed by atoms with Crippen LogP contribution in [0.1, 0.15) is 39.5 Å². The number of carbonyl (C=O) groups is 4. The molecular weight excluding hydrogens is 410 g/mol. The van der Waals surface area contributed by atoms with E-state index in [0.29, 0.717) is 19.3 Å². The molecule has 1 fully saturated rings. The van der Waals surface area contributed by atoms with Crippen molar-refractivity contribution in [1.82, 2.24) is 15.5 Å². The lowest BCUT2D eigenvalue weighted by atomic mass is 10.1. The molecule has 1 aliphatic rings. The molecule has 31 heavy (non-hydrogen) atoms. The summed E-state index contributed by atoms with van der Waals surface area (Å²) in [6.07, 6.45) is 0.287. The number of nitrogens with zero attached hydrogens (tertiary/aromatic N) is 2. The van der Waals surface area contributed by atoms with E-state index in [-0.39, 0.29) is 25.5 Å². The highest BCUT2D eigenvalue weighted by Crippen LogP contribution is 2.19. The summed E-state index contributed by atoms with van der Waals surface area (Å²) in [5.74, 6) is -3.12. The molecular formula is C18H33N7O6. The number of carboxylic acid groups (broad SMARTS) is 1. The molecule has 0 spiro atoms. The number of aliphatic carboxylic acids is 1. The third-order valence-electron chi connectivity index (χ3n) is 4.96. The number of carboxylic acids is 1. The summed E-state index contributed by atoms with van der Waals surface area (Å²) in [5, 5.41) is 23.7. The number of aliphatic hydroxyl groups excluding tert-OH is 1. The van der Waals surface area contributed by atoms with Gasteiger partial charge in [-0.2, -0.15) is 0 Å². The van der Waals surface area contributed by atoms with Crippen molar-refractivity contribution >= 4 is 29.7 Å². The third-order valence-corrected chi connectivity index (χ3v) is 4.96. The molecule has 176 valence electrons. The number of amides is 3. The fraction of sp³-hybridized carbons (Fsp3) is 0.722. The summed E-state index contributed by atoms with van der Waals surface area (Å²) >= 11 is 0. The molecule has 1 aliphatic heterocycles. The average Bonchev–Trinajstić information content (AvgIpc) is 3.18. The molecule has 0 bridgehead atoms. The molecule has 5 atom stereocenters. The Bertz CT molecular complexity index is 695.